The smallest absolute Gasteiger partial charge is 0.245 e. The maximum absolute atomic E-state index is 11.5. The van der Waals surface area contributed by atoms with Crippen LogP contribution in [0.15, 0.2) is 12.7 Å². The molecule has 1 amide bonds. The molecule has 84 valence electrons. The molecule has 2 rings (SSSR count). The molecule has 2 unspecified atom stereocenters. The van der Waals surface area contributed by atoms with Gasteiger partial charge in [-0.2, -0.15) is 0 Å². The maximum Gasteiger partial charge on any atom is 0.245 e. The van der Waals surface area contributed by atoms with Crippen molar-refractivity contribution in [1.82, 2.24) is 9.80 Å². The van der Waals surface area contributed by atoms with Crippen LogP contribution in [-0.4, -0.2) is 48.4 Å². The largest absolute Gasteiger partial charge is 0.339 e. The van der Waals surface area contributed by atoms with Gasteiger partial charge in [0.15, 0.2) is 0 Å². The summed E-state index contributed by atoms with van der Waals surface area (Å²) < 4.78 is 0. The van der Waals surface area contributed by atoms with Gasteiger partial charge in [-0.3, -0.25) is 4.79 Å². The minimum Gasteiger partial charge on any atom is -0.339 e. The molecule has 2 atom stereocenters. The van der Waals surface area contributed by atoms with E-state index in [4.69, 9.17) is 0 Å². The fourth-order valence-electron chi connectivity index (χ4n) is 2.98. The Kier molecular flexibility index (Phi) is 3.10. The lowest BCUT2D eigenvalue weighted by molar-refractivity contribution is -0.129. The van der Waals surface area contributed by atoms with E-state index in [1.807, 2.05) is 4.90 Å². The average molecular weight is 208 g/mol. The summed E-state index contributed by atoms with van der Waals surface area (Å²) in [6, 6.07) is 0.701. The summed E-state index contributed by atoms with van der Waals surface area (Å²) >= 11 is 0. The van der Waals surface area contributed by atoms with E-state index in [0.29, 0.717) is 12.0 Å². The van der Waals surface area contributed by atoms with E-state index in [0.717, 1.165) is 19.5 Å². The Morgan fingerprint density at radius 3 is 2.93 bits per heavy atom. The van der Waals surface area contributed by atoms with Crippen LogP contribution in [0.2, 0.25) is 0 Å². The highest BCUT2D eigenvalue weighted by Crippen LogP contribution is 2.29. The second kappa shape index (κ2) is 4.35. The van der Waals surface area contributed by atoms with Gasteiger partial charge in [0, 0.05) is 19.1 Å². The molecule has 2 heterocycles. The topological polar surface area (TPSA) is 23.6 Å². The van der Waals surface area contributed by atoms with Gasteiger partial charge in [-0.15, -0.1) is 0 Å². The number of likely N-dealkylation sites (tertiary alicyclic amines) is 2. The SMILES string of the molecule is C=CC(=O)N1CCC2C(CCCN2C)C1. The Morgan fingerprint density at radius 1 is 1.40 bits per heavy atom. The Hall–Kier alpha value is -0.830. The van der Waals surface area contributed by atoms with Crippen molar-refractivity contribution in [1.29, 1.82) is 0 Å². The number of fused-ring (bicyclic) bond motifs is 1. The molecule has 0 aromatic carbocycles. The molecule has 0 aromatic rings. The van der Waals surface area contributed by atoms with E-state index in [2.05, 4.69) is 18.5 Å². The first-order chi connectivity index (χ1) is 7.22. The number of piperidine rings is 2. The minimum atomic E-state index is 0.0988. The summed E-state index contributed by atoms with van der Waals surface area (Å²) in [6.45, 7) is 6.60. The lowest BCUT2D eigenvalue weighted by Gasteiger charge is -2.45. The third-order valence-corrected chi connectivity index (χ3v) is 3.83. The molecular formula is C12H20N2O. The van der Waals surface area contributed by atoms with Crippen molar-refractivity contribution in [2.24, 2.45) is 5.92 Å². The molecule has 2 fully saturated rings. The van der Waals surface area contributed by atoms with Crippen LogP contribution in [0.4, 0.5) is 0 Å². The fraction of sp³-hybridized carbons (Fsp3) is 0.750. The molecule has 15 heavy (non-hydrogen) atoms. The standard InChI is InChI=1S/C12H20N2O/c1-3-12(15)14-8-6-11-10(9-14)5-4-7-13(11)2/h3,10-11H,1,4-9H2,2H3. The number of hydrogen-bond acceptors (Lipinski definition) is 2. The van der Waals surface area contributed by atoms with Crippen LogP contribution in [0.1, 0.15) is 19.3 Å². The van der Waals surface area contributed by atoms with Crippen molar-refractivity contribution in [3.8, 4) is 0 Å². The van der Waals surface area contributed by atoms with E-state index < -0.39 is 0 Å². The summed E-state index contributed by atoms with van der Waals surface area (Å²) in [5.74, 6) is 0.781. The van der Waals surface area contributed by atoms with Gasteiger partial charge >= 0.3 is 0 Å². The molecule has 2 saturated heterocycles. The summed E-state index contributed by atoms with van der Waals surface area (Å²) in [5.41, 5.74) is 0. The van der Waals surface area contributed by atoms with Gasteiger partial charge in [0.05, 0.1) is 0 Å². The number of carbonyl (C=O) groups is 1. The molecule has 2 aliphatic rings. The molecule has 0 aromatic heterocycles. The van der Waals surface area contributed by atoms with Crippen LogP contribution in [0.5, 0.6) is 0 Å². The summed E-state index contributed by atoms with van der Waals surface area (Å²) in [5, 5.41) is 0. The molecule has 0 saturated carbocycles. The summed E-state index contributed by atoms with van der Waals surface area (Å²) in [6.07, 6.45) is 5.11. The first-order valence-electron chi connectivity index (χ1n) is 5.84. The molecule has 0 bridgehead atoms. The Labute approximate surface area is 91.7 Å². The van der Waals surface area contributed by atoms with Crippen LogP contribution < -0.4 is 0 Å². The number of rotatable bonds is 1. The van der Waals surface area contributed by atoms with Crippen molar-refractivity contribution in [2.45, 2.75) is 25.3 Å². The number of hydrogen-bond donors (Lipinski definition) is 0. The zero-order chi connectivity index (χ0) is 10.8. The zero-order valence-corrected chi connectivity index (χ0v) is 9.48. The molecule has 3 heteroatoms. The minimum absolute atomic E-state index is 0.0988. The quantitative estimate of drug-likeness (QED) is 0.603. The lowest BCUT2D eigenvalue weighted by Crippen LogP contribution is -2.53. The number of amides is 1. The highest BCUT2D eigenvalue weighted by molar-refractivity contribution is 5.87. The molecule has 3 nitrogen and oxygen atoms in total. The number of carbonyl (C=O) groups excluding carboxylic acids is 1. The van der Waals surface area contributed by atoms with Crippen molar-refractivity contribution in [3.63, 3.8) is 0 Å². The monoisotopic (exact) mass is 208 g/mol. The fourth-order valence-corrected chi connectivity index (χ4v) is 2.98. The van der Waals surface area contributed by atoms with Crippen molar-refractivity contribution in [2.75, 3.05) is 26.7 Å². The second-order valence-corrected chi connectivity index (χ2v) is 4.73. The van der Waals surface area contributed by atoms with Crippen LogP contribution in [0, 0.1) is 5.92 Å². The van der Waals surface area contributed by atoms with Crippen molar-refractivity contribution in [3.05, 3.63) is 12.7 Å². The van der Waals surface area contributed by atoms with Crippen LogP contribution >= 0.6 is 0 Å². The lowest BCUT2D eigenvalue weighted by atomic mass is 9.84. The van der Waals surface area contributed by atoms with Crippen molar-refractivity contribution >= 4 is 5.91 Å². The van der Waals surface area contributed by atoms with Crippen molar-refractivity contribution < 1.29 is 4.79 Å². The first-order valence-corrected chi connectivity index (χ1v) is 5.84. The normalized spacial score (nSPS) is 32.2. The van der Waals surface area contributed by atoms with E-state index in [1.165, 1.54) is 25.5 Å². The average Bonchev–Trinajstić information content (AvgIpc) is 2.28. The Balaban J connectivity index is 1.99. The van der Waals surface area contributed by atoms with Crippen LogP contribution in [0.3, 0.4) is 0 Å². The molecular weight excluding hydrogens is 188 g/mol. The van der Waals surface area contributed by atoms with E-state index in [1.54, 1.807) is 0 Å². The highest BCUT2D eigenvalue weighted by Gasteiger charge is 2.34. The molecule has 0 aliphatic carbocycles. The van der Waals surface area contributed by atoms with Gasteiger partial charge in [-0.05, 0) is 44.8 Å². The molecule has 2 aliphatic heterocycles. The van der Waals surface area contributed by atoms with E-state index >= 15 is 0 Å². The van der Waals surface area contributed by atoms with E-state index in [9.17, 15) is 4.79 Å². The Bertz CT molecular complexity index is 264. The zero-order valence-electron chi connectivity index (χ0n) is 9.48. The van der Waals surface area contributed by atoms with Gasteiger partial charge in [0.1, 0.15) is 0 Å². The predicted molar refractivity (Wildman–Crippen MR) is 60.5 cm³/mol. The van der Waals surface area contributed by atoms with Crippen LogP contribution in [-0.2, 0) is 4.79 Å². The third kappa shape index (κ3) is 2.07. The Morgan fingerprint density at radius 2 is 2.20 bits per heavy atom. The second-order valence-electron chi connectivity index (χ2n) is 4.73. The van der Waals surface area contributed by atoms with E-state index in [-0.39, 0.29) is 5.91 Å². The maximum atomic E-state index is 11.5. The summed E-state index contributed by atoms with van der Waals surface area (Å²) in [7, 11) is 2.21. The summed E-state index contributed by atoms with van der Waals surface area (Å²) in [4.78, 5) is 15.9. The van der Waals surface area contributed by atoms with Crippen LogP contribution in [0.25, 0.3) is 0 Å². The van der Waals surface area contributed by atoms with Gasteiger partial charge < -0.3 is 9.80 Å². The first kappa shape index (κ1) is 10.7. The number of nitrogens with zero attached hydrogens (tertiary/aromatic N) is 2. The van der Waals surface area contributed by atoms with Gasteiger partial charge in [0.25, 0.3) is 0 Å². The van der Waals surface area contributed by atoms with Gasteiger partial charge in [-0.1, -0.05) is 6.58 Å². The third-order valence-electron chi connectivity index (χ3n) is 3.83. The van der Waals surface area contributed by atoms with Gasteiger partial charge in [0.2, 0.25) is 5.91 Å². The highest BCUT2D eigenvalue weighted by atomic mass is 16.2. The van der Waals surface area contributed by atoms with Gasteiger partial charge in [-0.25, -0.2) is 0 Å². The molecule has 0 spiro atoms. The predicted octanol–water partition coefficient (Wildman–Crippen LogP) is 1.12. The molecule has 0 N–H and O–H groups in total. The molecule has 0 radical (unpaired) electrons.